The number of carbonyl (C=O) groups excluding carboxylic acids is 1. The molecule has 2 aromatic carbocycles. The van der Waals surface area contributed by atoms with Gasteiger partial charge in [-0.1, -0.05) is 49.2 Å². The van der Waals surface area contributed by atoms with E-state index < -0.39 is 17.4 Å². The third-order valence-corrected chi connectivity index (χ3v) is 5.08. The molecule has 0 spiro atoms. The Morgan fingerprint density at radius 3 is 2.48 bits per heavy atom. The number of amides is 1. The fraction of sp³-hybridized carbons (Fsp3) is 0.304. The van der Waals surface area contributed by atoms with Crippen LogP contribution in [0.1, 0.15) is 36.8 Å². The van der Waals surface area contributed by atoms with Crippen molar-refractivity contribution in [3.05, 3.63) is 65.7 Å². The van der Waals surface area contributed by atoms with Crippen molar-refractivity contribution in [2.24, 2.45) is 0 Å². The van der Waals surface area contributed by atoms with Crippen LogP contribution in [-0.4, -0.2) is 29.6 Å². The Morgan fingerprint density at radius 1 is 1.10 bits per heavy atom. The molecular weight excluding hydrogens is 370 g/mol. The van der Waals surface area contributed by atoms with E-state index >= 15 is 0 Å². The molecule has 1 saturated carbocycles. The molecule has 0 bridgehead atoms. The van der Waals surface area contributed by atoms with Crippen LogP contribution >= 0.6 is 0 Å². The highest BCUT2D eigenvalue weighted by Gasteiger charge is 2.42. The van der Waals surface area contributed by atoms with E-state index in [2.05, 4.69) is 5.32 Å². The van der Waals surface area contributed by atoms with E-state index in [0.29, 0.717) is 30.9 Å². The van der Waals surface area contributed by atoms with Gasteiger partial charge in [-0.05, 0) is 42.2 Å². The number of benzene rings is 2. The molecule has 0 aromatic heterocycles. The molecule has 29 heavy (non-hydrogen) atoms. The molecule has 0 aliphatic heterocycles. The number of rotatable bonds is 8. The highest BCUT2D eigenvalue weighted by molar-refractivity contribution is 5.96. The molecule has 2 N–H and O–H groups in total. The first-order chi connectivity index (χ1) is 14.0. The number of ether oxygens (including phenoxy) is 2. The molecule has 152 valence electrons. The first-order valence-corrected chi connectivity index (χ1v) is 9.61. The molecule has 3 rings (SSSR count). The summed E-state index contributed by atoms with van der Waals surface area (Å²) in [4.78, 5) is 23.8. The molecule has 1 aliphatic rings. The van der Waals surface area contributed by atoms with E-state index in [-0.39, 0.29) is 0 Å². The summed E-state index contributed by atoms with van der Waals surface area (Å²) >= 11 is 0. The number of methoxy groups -OCH3 is 1. The highest BCUT2D eigenvalue weighted by Crippen LogP contribution is 2.31. The third-order valence-electron chi connectivity index (χ3n) is 5.08. The SMILES string of the molecule is COc1cc(C=CC(=O)NC2(C(=O)O)CCCC2)ccc1OCc1ccccc1. The Kier molecular flexibility index (Phi) is 6.54. The Hall–Kier alpha value is -3.28. The summed E-state index contributed by atoms with van der Waals surface area (Å²) in [7, 11) is 1.56. The number of nitrogens with one attached hydrogen (secondary N) is 1. The van der Waals surface area contributed by atoms with E-state index in [1.165, 1.54) is 6.08 Å². The second-order valence-electron chi connectivity index (χ2n) is 7.10. The van der Waals surface area contributed by atoms with Gasteiger partial charge in [0, 0.05) is 6.08 Å². The van der Waals surface area contributed by atoms with Crippen LogP contribution in [0.3, 0.4) is 0 Å². The van der Waals surface area contributed by atoms with Gasteiger partial charge in [-0.2, -0.15) is 0 Å². The summed E-state index contributed by atoms with van der Waals surface area (Å²) in [6.45, 7) is 0.423. The fourth-order valence-corrected chi connectivity index (χ4v) is 3.46. The quantitative estimate of drug-likeness (QED) is 0.664. The zero-order chi connectivity index (χ0) is 20.7. The second kappa shape index (κ2) is 9.28. The van der Waals surface area contributed by atoms with Gasteiger partial charge < -0.3 is 19.9 Å². The predicted molar refractivity (Wildman–Crippen MR) is 110 cm³/mol. The van der Waals surface area contributed by atoms with Gasteiger partial charge in [0.15, 0.2) is 11.5 Å². The van der Waals surface area contributed by atoms with Gasteiger partial charge in [-0.15, -0.1) is 0 Å². The topological polar surface area (TPSA) is 84.9 Å². The maximum absolute atomic E-state index is 12.2. The molecule has 1 aliphatic carbocycles. The molecule has 0 radical (unpaired) electrons. The number of carboxylic acids is 1. The normalized spacial score (nSPS) is 15.2. The lowest BCUT2D eigenvalue weighted by Crippen LogP contribution is -2.52. The van der Waals surface area contributed by atoms with Crippen LogP contribution in [0.5, 0.6) is 11.5 Å². The molecule has 0 saturated heterocycles. The minimum Gasteiger partial charge on any atom is -0.493 e. The van der Waals surface area contributed by atoms with Crippen LogP contribution in [0, 0.1) is 0 Å². The van der Waals surface area contributed by atoms with Crippen molar-refractivity contribution < 1.29 is 24.2 Å². The summed E-state index contributed by atoms with van der Waals surface area (Å²) in [6.07, 6.45) is 5.51. The first kappa shape index (κ1) is 20.5. The number of hydrogen-bond acceptors (Lipinski definition) is 4. The van der Waals surface area contributed by atoms with E-state index in [1.54, 1.807) is 25.3 Å². The third kappa shape index (κ3) is 5.16. The lowest BCUT2D eigenvalue weighted by molar-refractivity contribution is -0.146. The number of carbonyl (C=O) groups is 2. The molecule has 0 unspecified atom stereocenters. The largest absolute Gasteiger partial charge is 0.493 e. The Balaban J connectivity index is 1.64. The van der Waals surface area contributed by atoms with E-state index in [1.807, 2.05) is 36.4 Å². The molecular formula is C23H25NO5. The van der Waals surface area contributed by atoms with Crippen LogP contribution in [0.25, 0.3) is 6.08 Å². The van der Waals surface area contributed by atoms with Gasteiger partial charge >= 0.3 is 5.97 Å². The molecule has 1 amide bonds. The van der Waals surface area contributed by atoms with Crippen molar-refractivity contribution >= 4 is 18.0 Å². The van der Waals surface area contributed by atoms with Gasteiger partial charge in [0.25, 0.3) is 0 Å². The molecule has 1 fully saturated rings. The summed E-state index contributed by atoms with van der Waals surface area (Å²) in [6, 6.07) is 15.2. The minimum atomic E-state index is -1.14. The molecule has 6 heteroatoms. The Labute approximate surface area is 170 Å². The smallest absolute Gasteiger partial charge is 0.329 e. The maximum atomic E-state index is 12.2. The first-order valence-electron chi connectivity index (χ1n) is 9.61. The van der Waals surface area contributed by atoms with Gasteiger partial charge in [0.05, 0.1) is 7.11 Å². The van der Waals surface area contributed by atoms with Crippen molar-refractivity contribution in [3.63, 3.8) is 0 Å². The lowest BCUT2D eigenvalue weighted by Gasteiger charge is -2.24. The van der Waals surface area contributed by atoms with E-state index in [9.17, 15) is 14.7 Å². The zero-order valence-corrected chi connectivity index (χ0v) is 16.4. The van der Waals surface area contributed by atoms with Crippen LogP contribution in [0.15, 0.2) is 54.6 Å². The summed E-state index contributed by atoms with van der Waals surface area (Å²) in [5.41, 5.74) is 0.656. The predicted octanol–water partition coefficient (Wildman–Crippen LogP) is 3.80. The van der Waals surface area contributed by atoms with Crippen LogP contribution in [0.4, 0.5) is 0 Å². The van der Waals surface area contributed by atoms with E-state index in [4.69, 9.17) is 9.47 Å². The standard InChI is InChI=1S/C23H25NO5/c1-28-20-15-17(9-11-19(20)29-16-18-7-3-2-4-8-18)10-12-21(25)24-23(22(26)27)13-5-6-14-23/h2-4,7-12,15H,5-6,13-14,16H2,1H3,(H,24,25)(H,26,27). The zero-order valence-electron chi connectivity index (χ0n) is 16.4. The van der Waals surface area contributed by atoms with Crippen molar-refractivity contribution in [3.8, 4) is 11.5 Å². The number of aliphatic carboxylic acids is 1. The Bertz CT molecular complexity index is 885. The monoisotopic (exact) mass is 395 g/mol. The van der Waals surface area contributed by atoms with Gasteiger partial charge in [0.1, 0.15) is 12.1 Å². The maximum Gasteiger partial charge on any atom is 0.329 e. The average molecular weight is 395 g/mol. The van der Waals surface area contributed by atoms with Crippen molar-refractivity contribution in [1.29, 1.82) is 0 Å². The van der Waals surface area contributed by atoms with E-state index in [0.717, 1.165) is 24.0 Å². The highest BCUT2D eigenvalue weighted by atomic mass is 16.5. The molecule has 2 aromatic rings. The van der Waals surface area contributed by atoms with Crippen molar-refractivity contribution in [1.82, 2.24) is 5.32 Å². The van der Waals surface area contributed by atoms with Crippen molar-refractivity contribution in [2.45, 2.75) is 37.8 Å². The molecule has 0 atom stereocenters. The van der Waals surface area contributed by atoms with Gasteiger partial charge in [0.2, 0.25) is 5.91 Å². The number of hydrogen-bond donors (Lipinski definition) is 2. The van der Waals surface area contributed by atoms with Crippen LogP contribution < -0.4 is 14.8 Å². The fourth-order valence-electron chi connectivity index (χ4n) is 3.46. The van der Waals surface area contributed by atoms with Crippen LogP contribution in [0.2, 0.25) is 0 Å². The lowest BCUT2D eigenvalue weighted by atomic mass is 9.98. The van der Waals surface area contributed by atoms with Gasteiger partial charge in [-0.25, -0.2) is 4.79 Å². The second-order valence-corrected chi connectivity index (χ2v) is 7.10. The summed E-state index contributed by atoms with van der Waals surface area (Å²) < 4.78 is 11.2. The molecule has 6 nitrogen and oxygen atoms in total. The summed E-state index contributed by atoms with van der Waals surface area (Å²) in [5, 5.41) is 12.1. The van der Waals surface area contributed by atoms with Crippen molar-refractivity contribution in [2.75, 3.05) is 7.11 Å². The number of carboxylic acid groups (broad SMARTS) is 1. The van der Waals surface area contributed by atoms with Gasteiger partial charge in [-0.3, -0.25) is 4.79 Å². The minimum absolute atomic E-state index is 0.419. The molecule has 0 heterocycles. The average Bonchev–Trinajstić information content (AvgIpc) is 3.21. The summed E-state index contributed by atoms with van der Waals surface area (Å²) in [5.74, 6) is -0.231. The Morgan fingerprint density at radius 2 is 1.83 bits per heavy atom. The van der Waals surface area contributed by atoms with Crippen LogP contribution in [-0.2, 0) is 16.2 Å².